The van der Waals surface area contributed by atoms with Gasteiger partial charge < -0.3 is 38.1 Å². The number of hydrogen-bond donors (Lipinski definition) is 0. The van der Waals surface area contributed by atoms with Crippen molar-refractivity contribution in [2.24, 2.45) is 5.11 Å². The van der Waals surface area contributed by atoms with Gasteiger partial charge in [-0.3, -0.25) is 4.79 Å². The van der Waals surface area contributed by atoms with Gasteiger partial charge in [-0.25, -0.2) is 12.7 Å². The van der Waals surface area contributed by atoms with Gasteiger partial charge in [-0.2, -0.15) is 0 Å². The molecule has 15 nitrogen and oxygen atoms in total. The van der Waals surface area contributed by atoms with Crippen LogP contribution in [0.25, 0.3) is 21.2 Å². The summed E-state index contributed by atoms with van der Waals surface area (Å²) in [7, 11) is -0.778. The van der Waals surface area contributed by atoms with Crippen molar-refractivity contribution >= 4 is 32.4 Å². The fraction of sp³-hybridized carbons (Fsp3) is 0.532. The lowest BCUT2D eigenvalue weighted by molar-refractivity contribution is -0.324. The average Bonchev–Trinajstić information content (AvgIpc) is 3.79. The number of azide groups is 1. The molecule has 2 saturated heterocycles. The largest absolute Gasteiger partial charge is 0.377 e. The summed E-state index contributed by atoms with van der Waals surface area (Å²) in [6, 6.07) is 38.6. The second kappa shape index (κ2) is 30.3. The van der Waals surface area contributed by atoms with E-state index in [0.29, 0.717) is 17.2 Å². The van der Waals surface area contributed by atoms with E-state index in [1.165, 1.54) is 70.8 Å². The van der Waals surface area contributed by atoms with Gasteiger partial charge in [-0.1, -0.05) is 204 Å². The molecule has 7 rings (SSSR count). The van der Waals surface area contributed by atoms with Gasteiger partial charge in [0, 0.05) is 42.4 Å². The van der Waals surface area contributed by atoms with Gasteiger partial charge in [0.25, 0.3) is 10.0 Å². The maximum Gasteiger partial charge on any atom is 0.267 e. The van der Waals surface area contributed by atoms with Gasteiger partial charge in [-0.05, 0) is 54.6 Å². The first-order valence-electron chi connectivity index (χ1n) is 28.2. The number of sulfonamides is 1. The molecule has 8 atom stereocenters. The van der Waals surface area contributed by atoms with Crippen molar-refractivity contribution in [3.8, 4) is 0 Å². The zero-order valence-electron chi connectivity index (χ0n) is 46.7. The molecule has 2 heterocycles. The Kier molecular flexibility index (Phi) is 23.4. The third kappa shape index (κ3) is 17.1. The van der Waals surface area contributed by atoms with Crippen molar-refractivity contribution in [1.29, 1.82) is 0 Å². The molecule has 0 bridgehead atoms. The molecule has 422 valence electrons. The van der Waals surface area contributed by atoms with Gasteiger partial charge in [0.05, 0.1) is 56.1 Å². The van der Waals surface area contributed by atoms with Crippen molar-refractivity contribution in [3.63, 3.8) is 0 Å². The number of amides is 1. The molecule has 2 aliphatic rings. The molecule has 5 aromatic carbocycles. The Morgan fingerprint density at radius 3 is 1.69 bits per heavy atom. The highest BCUT2D eigenvalue weighted by molar-refractivity contribution is 7.90. The molecular formula is C62H83N5O10S. The summed E-state index contributed by atoms with van der Waals surface area (Å²) < 4.78 is 78.8. The van der Waals surface area contributed by atoms with Crippen LogP contribution in [-0.4, -0.2) is 101 Å². The summed E-state index contributed by atoms with van der Waals surface area (Å²) in [5.41, 5.74) is 13.5. The molecule has 2 aliphatic heterocycles. The summed E-state index contributed by atoms with van der Waals surface area (Å²) >= 11 is 0. The lowest BCUT2D eigenvalue weighted by atomic mass is 9.97. The maximum absolute atomic E-state index is 15.2. The number of rotatable bonds is 32. The Balaban J connectivity index is 1.20. The monoisotopic (exact) mass is 1090 g/mol. The lowest BCUT2D eigenvalue weighted by Gasteiger charge is -2.47. The van der Waals surface area contributed by atoms with Gasteiger partial charge >= 0.3 is 0 Å². The van der Waals surface area contributed by atoms with Crippen LogP contribution in [0.5, 0.6) is 0 Å². The molecule has 0 unspecified atom stereocenters. The maximum atomic E-state index is 15.2. The van der Waals surface area contributed by atoms with Crippen LogP contribution in [0.4, 0.5) is 5.69 Å². The molecule has 5 aromatic rings. The van der Waals surface area contributed by atoms with Crippen molar-refractivity contribution < 1.29 is 46.4 Å². The topological polar surface area (TPSA) is 171 Å². The van der Waals surface area contributed by atoms with E-state index in [0.717, 1.165) is 45.9 Å². The first-order chi connectivity index (χ1) is 37.8. The molecular weight excluding hydrogens is 1010 g/mol. The highest BCUT2D eigenvalue weighted by Gasteiger charge is 2.52. The quantitative estimate of drug-likeness (QED) is 0.0174. The summed E-state index contributed by atoms with van der Waals surface area (Å²) in [4.78, 5) is 19.2. The fourth-order valence-electron chi connectivity index (χ4n) is 10.6. The van der Waals surface area contributed by atoms with Gasteiger partial charge in [0.1, 0.15) is 24.4 Å². The zero-order chi connectivity index (χ0) is 55.3. The molecule has 16 heteroatoms. The van der Waals surface area contributed by atoms with Gasteiger partial charge in [0.15, 0.2) is 12.1 Å². The predicted octanol–water partition coefficient (Wildman–Crippen LogP) is 13.2. The van der Waals surface area contributed by atoms with Gasteiger partial charge in [0.2, 0.25) is 5.91 Å². The smallest absolute Gasteiger partial charge is 0.267 e. The molecule has 0 aromatic heterocycles. The first kappa shape index (κ1) is 60.3. The Morgan fingerprint density at radius 1 is 0.641 bits per heavy atom. The average molecular weight is 1090 g/mol. The Morgan fingerprint density at radius 2 is 1.15 bits per heavy atom. The summed E-state index contributed by atoms with van der Waals surface area (Å²) in [5, 5.41) is 5.43. The predicted molar refractivity (Wildman–Crippen MR) is 305 cm³/mol. The highest BCUT2D eigenvalue weighted by atomic mass is 32.2. The van der Waals surface area contributed by atoms with Crippen molar-refractivity contribution in [2.75, 3.05) is 32.1 Å². The Hall–Kier alpha value is -5.39. The number of carbonyl (C=O) groups is 1. The van der Waals surface area contributed by atoms with E-state index in [1.54, 1.807) is 18.2 Å². The number of unbranched alkanes of at least 4 members (excludes halogenated alkanes) is 11. The van der Waals surface area contributed by atoms with E-state index in [4.69, 9.17) is 33.2 Å². The third-order valence-corrected chi connectivity index (χ3v) is 16.5. The second-order valence-corrected chi connectivity index (χ2v) is 23.2. The van der Waals surface area contributed by atoms with Crippen LogP contribution in [0.2, 0.25) is 0 Å². The van der Waals surface area contributed by atoms with Crippen LogP contribution in [0.3, 0.4) is 0 Å². The zero-order valence-corrected chi connectivity index (χ0v) is 47.5. The molecule has 78 heavy (non-hydrogen) atoms. The van der Waals surface area contributed by atoms with Crippen LogP contribution in [-0.2, 0) is 67.8 Å². The lowest BCUT2D eigenvalue weighted by Crippen LogP contribution is -2.63. The highest BCUT2D eigenvalue weighted by Crippen LogP contribution is 2.38. The van der Waals surface area contributed by atoms with Crippen LogP contribution in [0, 0.1) is 0 Å². The first-order valence-corrected chi connectivity index (χ1v) is 29.6. The molecule has 0 aliphatic carbocycles. The van der Waals surface area contributed by atoms with E-state index in [2.05, 4.69) is 16.9 Å². The minimum absolute atomic E-state index is 0.0397. The summed E-state index contributed by atoms with van der Waals surface area (Å²) in [5.74, 6) is -1.69. The minimum Gasteiger partial charge on any atom is -0.377 e. The number of nitrogens with zero attached hydrogens (tertiary/aromatic N) is 5. The Labute approximate surface area is 463 Å². The number of benzene rings is 5. The summed E-state index contributed by atoms with van der Waals surface area (Å²) in [6.45, 7) is 6.85. The van der Waals surface area contributed by atoms with Crippen LogP contribution < -0.4 is 4.90 Å². The van der Waals surface area contributed by atoms with Crippen molar-refractivity contribution in [3.05, 3.63) is 155 Å². The standard InChI is InChI=1S/C62H83N5O10S/c1-7-8-9-10-11-12-13-14-15-16-17-27-39-54-57(77-62(3,4)76-54)52(64-65-63)45-74-61-60(73-44-49-34-25-20-26-35-49)59(72-43-48-32-23-19-24-33-48)58(71-42-47-30-21-18-22-31-47)55(75-61)41-67(46(2)68)78(69,70)56-40-29-36-50-51(56)37-28-38-53(50)66(5)6/h18-26,28-38,40,52,54-55,57-61H,7-17,27,39,41-45H2,1-6H3/t52-,54+,55+,57-,58-,59-,60+,61-/m0/s1. The van der Waals surface area contributed by atoms with E-state index in [9.17, 15) is 10.3 Å². The number of carbonyl (C=O) groups excluding carboxylic acids is 1. The number of hydrogen-bond acceptors (Lipinski definition) is 12. The summed E-state index contributed by atoms with van der Waals surface area (Å²) in [6.07, 6.45) is 8.83. The van der Waals surface area contributed by atoms with Crippen LogP contribution in [0.1, 0.15) is 128 Å². The molecule has 1 amide bonds. The molecule has 0 radical (unpaired) electrons. The van der Waals surface area contributed by atoms with E-state index in [1.807, 2.05) is 136 Å². The molecule has 2 fully saturated rings. The number of fused-ring (bicyclic) bond motifs is 1. The van der Waals surface area contributed by atoms with Crippen molar-refractivity contribution in [1.82, 2.24) is 4.31 Å². The van der Waals surface area contributed by atoms with Crippen molar-refractivity contribution in [2.45, 2.75) is 191 Å². The second-order valence-electron chi connectivity index (χ2n) is 21.3. The van der Waals surface area contributed by atoms with Crippen LogP contribution in [0.15, 0.2) is 137 Å². The minimum atomic E-state index is -4.56. The van der Waals surface area contributed by atoms with Crippen LogP contribution >= 0.6 is 0 Å². The number of anilines is 1. The normalized spacial score (nSPS) is 21.5. The molecule has 0 N–H and O–H groups in total. The van der Waals surface area contributed by atoms with E-state index >= 15 is 8.42 Å². The van der Waals surface area contributed by atoms with E-state index in [-0.39, 0.29) is 37.4 Å². The SMILES string of the molecule is CCCCCCCCCCCCCC[C@H]1OC(C)(C)O[C@H]1[C@H](CO[C@H]1O[C@H](CN(C(C)=O)S(=O)(=O)c2cccc3c(N(C)C)cccc23)[C@H](OCc2ccccc2)[C@H](OCc2ccccc2)[C@H]1OCc1ccccc1)N=[N+]=[N-]. The van der Waals surface area contributed by atoms with Gasteiger partial charge in [-0.15, -0.1) is 0 Å². The van der Waals surface area contributed by atoms with E-state index < -0.39 is 71.1 Å². The number of ether oxygens (including phenoxy) is 7. The molecule has 0 spiro atoms. The fourth-order valence-corrected chi connectivity index (χ4v) is 12.3. The molecule has 0 saturated carbocycles. The Bertz CT molecular complexity index is 2750. The third-order valence-electron chi connectivity index (χ3n) is 14.6.